The molecule has 0 saturated carbocycles. The Morgan fingerprint density at radius 2 is 0.397 bits per heavy atom. The van der Waals surface area contributed by atoms with Gasteiger partial charge in [0, 0.05) is 22.3 Å². The molecule has 0 spiro atoms. The van der Waals surface area contributed by atoms with Gasteiger partial charge in [-0.05, 0) is 107 Å². The molecule has 442 valence electrons. The predicted molar refractivity (Wildman–Crippen MR) is 346 cm³/mol. The van der Waals surface area contributed by atoms with Crippen LogP contribution in [0.4, 0.5) is 0 Å². The SMILES string of the molecule is CCCCCCCCOc1cc(/C=C/c2cc(OCCCCCCCC)c(/C=C/c3cc(OCCCCCCCC)c(Br)cc3OCCCCCCCC)cc2OCCCCCCCC)c(OCCCCCCCC)cc1Br. The minimum absolute atomic E-state index is 0.651. The van der Waals surface area contributed by atoms with Crippen LogP contribution in [0.15, 0.2) is 45.3 Å². The lowest BCUT2D eigenvalue weighted by atomic mass is 10.0. The molecule has 0 radical (unpaired) electrons. The van der Waals surface area contributed by atoms with Crippen LogP contribution < -0.4 is 28.4 Å². The number of unbranched alkanes of at least 4 members (excludes halogenated alkanes) is 30. The van der Waals surface area contributed by atoms with E-state index in [4.69, 9.17) is 28.4 Å². The lowest BCUT2D eigenvalue weighted by Crippen LogP contribution is -2.03. The minimum Gasteiger partial charge on any atom is -0.493 e. The molecule has 0 amide bonds. The average Bonchev–Trinajstić information content (AvgIpc) is 3.49. The molecular formula is C70H112Br2O6. The van der Waals surface area contributed by atoms with Gasteiger partial charge in [-0.15, -0.1) is 0 Å². The molecule has 0 saturated heterocycles. The van der Waals surface area contributed by atoms with Gasteiger partial charge in [-0.2, -0.15) is 0 Å². The third-order valence-corrected chi connectivity index (χ3v) is 15.9. The normalized spacial score (nSPS) is 11.6. The van der Waals surface area contributed by atoms with Crippen molar-refractivity contribution in [2.45, 2.75) is 273 Å². The second-order valence-electron chi connectivity index (χ2n) is 21.9. The number of halogens is 2. The fourth-order valence-corrected chi connectivity index (χ4v) is 10.6. The summed E-state index contributed by atoms with van der Waals surface area (Å²) in [5, 5.41) is 0. The minimum atomic E-state index is 0.651. The summed E-state index contributed by atoms with van der Waals surface area (Å²) in [6, 6.07) is 12.9. The summed E-state index contributed by atoms with van der Waals surface area (Å²) < 4.78 is 41.7. The second kappa shape index (κ2) is 47.5. The van der Waals surface area contributed by atoms with Crippen LogP contribution in [0, 0.1) is 0 Å². The molecule has 78 heavy (non-hydrogen) atoms. The van der Waals surface area contributed by atoms with Crippen molar-refractivity contribution in [1.29, 1.82) is 0 Å². The molecular weight excluding hydrogens is 1100 g/mol. The second-order valence-corrected chi connectivity index (χ2v) is 23.6. The first-order chi connectivity index (χ1) is 38.4. The topological polar surface area (TPSA) is 55.4 Å². The van der Waals surface area contributed by atoms with Gasteiger partial charge in [0.05, 0.1) is 48.6 Å². The fourth-order valence-electron chi connectivity index (χ4n) is 9.68. The molecule has 3 aromatic carbocycles. The van der Waals surface area contributed by atoms with Crippen molar-refractivity contribution in [3.8, 4) is 34.5 Å². The molecule has 0 N–H and O–H groups in total. The van der Waals surface area contributed by atoms with E-state index in [0.717, 1.165) is 117 Å². The molecule has 3 aromatic rings. The van der Waals surface area contributed by atoms with E-state index in [2.05, 4.69) is 134 Å². The van der Waals surface area contributed by atoms with Gasteiger partial charge in [-0.1, -0.05) is 258 Å². The molecule has 6 nitrogen and oxygen atoms in total. The van der Waals surface area contributed by atoms with Crippen LogP contribution in [0.3, 0.4) is 0 Å². The molecule has 0 aliphatic rings. The summed E-state index contributed by atoms with van der Waals surface area (Å²) in [6.45, 7) is 17.7. The van der Waals surface area contributed by atoms with Gasteiger partial charge in [-0.3, -0.25) is 0 Å². The van der Waals surface area contributed by atoms with Gasteiger partial charge in [0.15, 0.2) is 0 Å². The summed E-state index contributed by atoms with van der Waals surface area (Å²) in [5.74, 6) is 5.08. The van der Waals surface area contributed by atoms with E-state index in [1.807, 2.05) is 0 Å². The molecule has 0 unspecified atom stereocenters. The maximum absolute atomic E-state index is 6.84. The first-order valence-corrected chi connectivity index (χ1v) is 33.9. The quantitative estimate of drug-likeness (QED) is 0.0415. The third kappa shape index (κ3) is 31.8. The van der Waals surface area contributed by atoms with Crippen molar-refractivity contribution < 1.29 is 28.4 Å². The maximum Gasteiger partial charge on any atom is 0.134 e. The highest BCUT2D eigenvalue weighted by Gasteiger charge is 2.15. The first kappa shape index (κ1) is 69.2. The lowest BCUT2D eigenvalue weighted by molar-refractivity contribution is 0.294. The van der Waals surface area contributed by atoms with Gasteiger partial charge < -0.3 is 28.4 Å². The summed E-state index contributed by atoms with van der Waals surface area (Å²) in [4.78, 5) is 0. The van der Waals surface area contributed by atoms with Gasteiger partial charge in [-0.25, -0.2) is 0 Å². The van der Waals surface area contributed by atoms with Crippen molar-refractivity contribution in [3.63, 3.8) is 0 Å². The summed E-state index contributed by atoms with van der Waals surface area (Å²) in [5.41, 5.74) is 3.93. The van der Waals surface area contributed by atoms with Crippen LogP contribution in [-0.2, 0) is 0 Å². The first-order valence-electron chi connectivity index (χ1n) is 32.4. The Labute approximate surface area is 496 Å². The van der Waals surface area contributed by atoms with E-state index in [9.17, 15) is 0 Å². The number of hydrogen-bond acceptors (Lipinski definition) is 6. The predicted octanol–water partition coefficient (Wildman–Crippen LogP) is 24.0. The zero-order valence-electron chi connectivity index (χ0n) is 50.7. The Morgan fingerprint density at radius 1 is 0.231 bits per heavy atom. The summed E-state index contributed by atoms with van der Waals surface area (Å²) in [7, 11) is 0. The Bertz CT molecular complexity index is 1850. The van der Waals surface area contributed by atoms with E-state index in [1.54, 1.807) is 0 Å². The maximum atomic E-state index is 6.84. The van der Waals surface area contributed by atoms with Crippen LogP contribution in [0.2, 0.25) is 0 Å². The molecule has 0 aliphatic carbocycles. The van der Waals surface area contributed by atoms with Gasteiger partial charge in [0.2, 0.25) is 0 Å². The average molecular weight is 1210 g/mol. The number of ether oxygens (including phenoxy) is 6. The van der Waals surface area contributed by atoms with Crippen molar-refractivity contribution in [3.05, 3.63) is 67.6 Å². The Morgan fingerprint density at radius 3 is 0.615 bits per heavy atom. The number of benzene rings is 3. The molecule has 3 rings (SSSR count). The highest BCUT2D eigenvalue weighted by Crippen LogP contribution is 2.39. The van der Waals surface area contributed by atoms with E-state index >= 15 is 0 Å². The summed E-state index contributed by atoms with van der Waals surface area (Å²) >= 11 is 7.73. The van der Waals surface area contributed by atoms with Crippen LogP contribution in [0.1, 0.15) is 295 Å². The molecule has 0 aromatic heterocycles. The van der Waals surface area contributed by atoms with Crippen LogP contribution in [0.5, 0.6) is 34.5 Å². The van der Waals surface area contributed by atoms with E-state index in [-0.39, 0.29) is 0 Å². The van der Waals surface area contributed by atoms with Gasteiger partial charge >= 0.3 is 0 Å². The fraction of sp³-hybridized carbons (Fsp3) is 0.686. The van der Waals surface area contributed by atoms with Crippen molar-refractivity contribution >= 4 is 56.2 Å². The van der Waals surface area contributed by atoms with Crippen LogP contribution >= 0.6 is 31.9 Å². The van der Waals surface area contributed by atoms with Crippen LogP contribution in [0.25, 0.3) is 24.3 Å². The molecule has 0 bridgehead atoms. The standard InChI is InChI=1S/C70H112Br2O6/c1-7-13-19-25-31-37-47-73-65-53-60(44-46-62-56-70(78-52-42-36-30-24-18-12-6)64(72)58-68(62)76-50-40-34-28-22-16-10-4)66(74-48-38-32-26-20-14-8-2)54-59(65)43-45-61-55-69(77-51-41-35-29-23-17-11-5)63(71)57-67(61)75-49-39-33-27-21-15-9-3/h43-46,53-58H,7-42,47-52H2,1-6H3/b45-43+,46-44+. The summed E-state index contributed by atoms with van der Waals surface area (Å²) in [6.07, 6.45) is 52.5. The highest BCUT2D eigenvalue weighted by molar-refractivity contribution is 9.11. The number of hydrogen-bond donors (Lipinski definition) is 0. The van der Waals surface area contributed by atoms with E-state index < -0.39 is 0 Å². The molecule has 0 atom stereocenters. The Balaban J connectivity index is 2.12. The molecule has 0 aliphatic heterocycles. The third-order valence-electron chi connectivity index (χ3n) is 14.7. The zero-order valence-corrected chi connectivity index (χ0v) is 53.8. The van der Waals surface area contributed by atoms with E-state index in [0.29, 0.717) is 39.6 Å². The van der Waals surface area contributed by atoms with Crippen molar-refractivity contribution in [2.24, 2.45) is 0 Å². The smallest absolute Gasteiger partial charge is 0.134 e. The zero-order chi connectivity index (χ0) is 55.9. The van der Waals surface area contributed by atoms with Gasteiger partial charge in [0.25, 0.3) is 0 Å². The van der Waals surface area contributed by atoms with Crippen molar-refractivity contribution in [1.82, 2.24) is 0 Å². The number of rotatable bonds is 52. The molecule has 0 heterocycles. The van der Waals surface area contributed by atoms with Gasteiger partial charge in [0.1, 0.15) is 34.5 Å². The highest BCUT2D eigenvalue weighted by atomic mass is 79.9. The monoisotopic (exact) mass is 1210 g/mol. The largest absolute Gasteiger partial charge is 0.493 e. The Kier molecular flexibility index (Phi) is 42.1. The Hall–Kier alpha value is -3.10. The molecule has 0 fully saturated rings. The van der Waals surface area contributed by atoms with Crippen molar-refractivity contribution in [2.75, 3.05) is 39.6 Å². The van der Waals surface area contributed by atoms with E-state index in [1.165, 1.54) is 180 Å². The lowest BCUT2D eigenvalue weighted by Gasteiger charge is -2.17. The molecule has 8 heteroatoms. The van der Waals surface area contributed by atoms with Crippen LogP contribution in [-0.4, -0.2) is 39.6 Å².